The Labute approximate surface area is 148 Å². The number of carboxylic acids is 1. The van der Waals surface area contributed by atoms with Gasteiger partial charge >= 0.3 is 12.1 Å². The van der Waals surface area contributed by atoms with E-state index < -0.39 is 12.1 Å². The van der Waals surface area contributed by atoms with Crippen LogP contribution in [0.5, 0.6) is 5.75 Å². The van der Waals surface area contributed by atoms with E-state index in [-0.39, 0.29) is 5.91 Å². The van der Waals surface area contributed by atoms with Crippen LogP contribution in [0.1, 0.15) is 16.8 Å². The number of ether oxygens (including phenoxy) is 1. The lowest BCUT2D eigenvalue weighted by molar-refractivity contribution is -0.192. The summed E-state index contributed by atoms with van der Waals surface area (Å²) < 4.78 is 36.9. The predicted octanol–water partition coefficient (Wildman–Crippen LogP) is 2.01. The number of fused-ring (bicyclic) bond motifs is 2. The van der Waals surface area contributed by atoms with Gasteiger partial charge in [-0.05, 0) is 55.6 Å². The second-order valence-electron chi connectivity index (χ2n) is 6.37. The average Bonchev–Trinajstić information content (AvgIpc) is 2.60. The second kappa shape index (κ2) is 8.39. The SMILES string of the molecule is COc1ccc(C(=O)N2C[C@@H]3CNC[C@@H](C3)C2)cc1.O=C(O)C(F)(F)F. The Bertz CT molecular complexity index is 622. The maximum absolute atomic E-state index is 12.5. The number of likely N-dealkylation sites (tertiary alicyclic amines) is 1. The zero-order chi connectivity index (χ0) is 19.3. The van der Waals surface area contributed by atoms with Gasteiger partial charge in [0.25, 0.3) is 5.91 Å². The Hall–Kier alpha value is -2.29. The van der Waals surface area contributed by atoms with Crippen LogP contribution in [-0.4, -0.2) is 61.3 Å². The molecule has 0 aromatic heterocycles. The highest BCUT2D eigenvalue weighted by molar-refractivity contribution is 5.94. The minimum Gasteiger partial charge on any atom is -0.497 e. The molecule has 2 fully saturated rings. The van der Waals surface area contributed by atoms with E-state index in [1.807, 2.05) is 29.2 Å². The van der Waals surface area contributed by atoms with E-state index in [1.165, 1.54) is 6.42 Å². The molecule has 6 nitrogen and oxygen atoms in total. The van der Waals surface area contributed by atoms with Gasteiger partial charge in [-0.3, -0.25) is 4.79 Å². The fourth-order valence-corrected chi connectivity index (χ4v) is 3.19. The summed E-state index contributed by atoms with van der Waals surface area (Å²) in [6.45, 7) is 3.86. The molecule has 9 heteroatoms. The molecule has 1 aromatic carbocycles. The van der Waals surface area contributed by atoms with E-state index in [4.69, 9.17) is 14.6 Å². The number of carbonyl (C=O) groups excluding carboxylic acids is 1. The summed E-state index contributed by atoms with van der Waals surface area (Å²) >= 11 is 0. The van der Waals surface area contributed by atoms with Crippen molar-refractivity contribution in [3.63, 3.8) is 0 Å². The second-order valence-corrected chi connectivity index (χ2v) is 6.37. The fourth-order valence-electron chi connectivity index (χ4n) is 3.19. The molecule has 0 radical (unpaired) electrons. The third-order valence-corrected chi connectivity index (χ3v) is 4.36. The van der Waals surface area contributed by atoms with Crippen molar-refractivity contribution in [2.45, 2.75) is 12.6 Å². The molecule has 2 aliphatic heterocycles. The smallest absolute Gasteiger partial charge is 0.490 e. The number of amides is 1. The number of nitrogens with zero attached hydrogens (tertiary/aromatic N) is 1. The highest BCUT2D eigenvalue weighted by atomic mass is 19.4. The number of hydrogen-bond donors (Lipinski definition) is 2. The van der Waals surface area contributed by atoms with E-state index in [0.29, 0.717) is 11.8 Å². The lowest BCUT2D eigenvalue weighted by Crippen LogP contribution is -2.52. The van der Waals surface area contributed by atoms with E-state index in [9.17, 15) is 18.0 Å². The first-order valence-electron chi connectivity index (χ1n) is 8.15. The third kappa shape index (κ3) is 5.35. The Kier molecular flexibility index (Phi) is 6.47. The molecule has 2 bridgehead atoms. The van der Waals surface area contributed by atoms with Crippen LogP contribution in [0.4, 0.5) is 13.2 Å². The van der Waals surface area contributed by atoms with Crippen LogP contribution in [0.15, 0.2) is 24.3 Å². The molecule has 0 spiro atoms. The Balaban J connectivity index is 0.000000298. The van der Waals surface area contributed by atoms with E-state index in [1.54, 1.807) is 7.11 Å². The van der Waals surface area contributed by atoms with Crippen LogP contribution in [0.25, 0.3) is 0 Å². The highest BCUT2D eigenvalue weighted by Gasteiger charge is 2.38. The van der Waals surface area contributed by atoms with Crippen LogP contribution < -0.4 is 10.1 Å². The van der Waals surface area contributed by atoms with Crippen molar-refractivity contribution in [1.82, 2.24) is 10.2 Å². The summed E-state index contributed by atoms with van der Waals surface area (Å²) in [7, 11) is 1.63. The van der Waals surface area contributed by atoms with E-state index in [2.05, 4.69) is 5.32 Å². The first-order valence-corrected chi connectivity index (χ1v) is 8.15. The number of aliphatic carboxylic acids is 1. The zero-order valence-corrected chi connectivity index (χ0v) is 14.3. The van der Waals surface area contributed by atoms with Gasteiger partial charge in [-0.2, -0.15) is 13.2 Å². The standard InChI is InChI=1S/C15H20N2O2.C2HF3O2/c1-19-14-4-2-13(3-5-14)15(18)17-9-11-6-12(10-17)8-16-7-11;3-2(4,5)1(6)7/h2-5,11-12,16H,6-10H2,1H3;(H,6,7)/t11-,12+;. The molecule has 0 saturated carbocycles. The van der Waals surface area contributed by atoms with Crippen LogP contribution in [0, 0.1) is 11.8 Å². The molecule has 144 valence electrons. The summed E-state index contributed by atoms with van der Waals surface area (Å²) in [6.07, 6.45) is -3.82. The number of carbonyl (C=O) groups is 2. The van der Waals surface area contributed by atoms with Crippen molar-refractivity contribution in [3.8, 4) is 5.75 Å². The maximum atomic E-state index is 12.5. The zero-order valence-electron chi connectivity index (χ0n) is 14.3. The molecule has 0 unspecified atom stereocenters. The van der Waals surface area contributed by atoms with Crippen molar-refractivity contribution in [2.24, 2.45) is 11.8 Å². The van der Waals surface area contributed by atoms with Gasteiger partial charge in [0.05, 0.1) is 7.11 Å². The monoisotopic (exact) mass is 374 g/mol. The van der Waals surface area contributed by atoms with Gasteiger partial charge in [0.1, 0.15) is 5.75 Å². The van der Waals surface area contributed by atoms with Crippen molar-refractivity contribution in [2.75, 3.05) is 33.3 Å². The quantitative estimate of drug-likeness (QED) is 0.828. The first-order chi connectivity index (χ1) is 12.2. The van der Waals surface area contributed by atoms with Gasteiger partial charge in [0.2, 0.25) is 0 Å². The molecule has 1 aromatic rings. The van der Waals surface area contributed by atoms with Crippen molar-refractivity contribution in [3.05, 3.63) is 29.8 Å². The normalized spacial score (nSPS) is 22.1. The number of hydrogen-bond acceptors (Lipinski definition) is 4. The molecule has 2 saturated heterocycles. The minimum atomic E-state index is -5.08. The van der Waals surface area contributed by atoms with Gasteiger partial charge < -0.3 is 20.1 Å². The molecule has 0 aliphatic carbocycles. The van der Waals surface area contributed by atoms with Crippen molar-refractivity contribution < 1.29 is 32.6 Å². The molecule has 2 atom stereocenters. The number of alkyl halides is 3. The van der Waals surface area contributed by atoms with Gasteiger partial charge in [-0.1, -0.05) is 0 Å². The van der Waals surface area contributed by atoms with E-state index in [0.717, 1.165) is 37.5 Å². The largest absolute Gasteiger partial charge is 0.497 e. The number of methoxy groups -OCH3 is 1. The van der Waals surface area contributed by atoms with Crippen LogP contribution in [0.2, 0.25) is 0 Å². The minimum absolute atomic E-state index is 0.152. The predicted molar refractivity (Wildman–Crippen MR) is 87.1 cm³/mol. The molecule has 3 rings (SSSR count). The molecular formula is C17H21F3N2O4. The molecule has 2 aliphatic rings. The summed E-state index contributed by atoms with van der Waals surface area (Å²) in [5.74, 6) is -0.576. The topological polar surface area (TPSA) is 78.9 Å². The number of carboxylic acid groups (broad SMARTS) is 1. The third-order valence-electron chi connectivity index (χ3n) is 4.36. The number of benzene rings is 1. The van der Waals surface area contributed by atoms with Gasteiger partial charge in [-0.25, -0.2) is 4.79 Å². The Morgan fingerprint density at radius 2 is 1.65 bits per heavy atom. The van der Waals surface area contributed by atoms with Crippen molar-refractivity contribution in [1.29, 1.82) is 0 Å². The number of nitrogens with one attached hydrogen (secondary N) is 1. The maximum Gasteiger partial charge on any atom is 0.490 e. The van der Waals surface area contributed by atoms with Crippen LogP contribution >= 0.6 is 0 Å². The highest BCUT2D eigenvalue weighted by Crippen LogP contribution is 2.26. The Morgan fingerprint density at radius 3 is 2.08 bits per heavy atom. The van der Waals surface area contributed by atoms with Gasteiger partial charge in [0.15, 0.2) is 0 Å². The summed E-state index contributed by atoms with van der Waals surface area (Å²) in [5.41, 5.74) is 0.758. The van der Waals surface area contributed by atoms with Gasteiger partial charge in [0, 0.05) is 18.7 Å². The Morgan fingerprint density at radius 1 is 1.15 bits per heavy atom. The average molecular weight is 374 g/mol. The lowest BCUT2D eigenvalue weighted by Gasteiger charge is -2.41. The molecule has 2 N–H and O–H groups in total. The molecule has 26 heavy (non-hydrogen) atoms. The summed E-state index contributed by atoms with van der Waals surface area (Å²) in [4.78, 5) is 23.4. The number of rotatable bonds is 2. The molecule has 2 heterocycles. The van der Waals surface area contributed by atoms with E-state index >= 15 is 0 Å². The van der Waals surface area contributed by atoms with Crippen LogP contribution in [-0.2, 0) is 4.79 Å². The lowest BCUT2D eigenvalue weighted by atomic mass is 9.85. The fraction of sp³-hybridized carbons (Fsp3) is 0.529. The molecule has 1 amide bonds. The number of piperidine rings is 2. The van der Waals surface area contributed by atoms with Crippen LogP contribution in [0.3, 0.4) is 0 Å². The molecular weight excluding hydrogens is 353 g/mol. The summed E-state index contributed by atoms with van der Waals surface area (Å²) in [6, 6.07) is 7.40. The first kappa shape index (κ1) is 20.0. The number of halogens is 3. The van der Waals surface area contributed by atoms with Gasteiger partial charge in [-0.15, -0.1) is 0 Å². The van der Waals surface area contributed by atoms with Crippen molar-refractivity contribution >= 4 is 11.9 Å². The summed E-state index contributed by atoms with van der Waals surface area (Å²) in [5, 5.41) is 10.6.